The van der Waals surface area contributed by atoms with Crippen LogP contribution in [0.1, 0.15) is 27.7 Å². The number of hydrogen-bond acceptors (Lipinski definition) is 10. The summed E-state index contributed by atoms with van der Waals surface area (Å²) in [4.78, 5) is 0. The second-order valence-corrected chi connectivity index (χ2v) is 8.08. The highest BCUT2D eigenvalue weighted by atomic mass is 16.6. The monoisotopic (exact) mass is 412 g/mol. The van der Waals surface area contributed by atoms with Crippen LogP contribution in [0.25, 0.3) is 0 Å². The highest BCUT2D eigenvalue weighted by Gasteiger charge is 2.45. The smallest absolute Gasteiger partial charge is 0.111 e. The lowest BCUT2D eigenvalue weighted by molar-refractivity contribution is -0.238. The molecule has 0 aromatic carbocycles. The first-order valence-electron chi connectivity index (χ1n) is 9.58. The Hall–Kier alpha value is -0.400. The van der Waals surface area contributed by atoms with Crippen LogP contribution >= 0.6 is 0 Å². The maximum atomic E-state index is 9.57. The van der Waals surface area contributed by atoms with Crippen molar-refractivity contribution in [2.75, 3.05) is 13.2 Å². The molecule has 168 valence electrons. The molecule has 0 aromatic rings. The summed E-state index contributed by atoms with van der Waals surface area (Å²) in [5, 5.41) is 74.7. The molecule has 10 heteroatoms. The van der Waals surface area contributed by atoms with Crippen LogP contribution in [0.2, 0.25) is 0 Å². The average molecular weight is 412 g/mol. The van der Waals surface area contributed by atoms with E-state index >= 15 is 0 Å². The minimum absolute atomic E-state index is 0.0150. The molecule has 0 unspecified atom stereocenters. The summed E-state index contributed by atoms with van der Waals surface area (Å²) >= 11 is 0. The van der Waals surface area contributed by atoms with Crippen molar-refractivity contribution in [3.63, 3.8) is 0 Å². The van der Waals surface area contributed by atoms with Crippen LogP contribution in [-0.4, -0.2) is 115 Å². The van der Waals surface area contributed by atoms with Crippen molar-refractivity contribution in [1.82, 2.24) is 0 Å². The molecule has 28 heavy (non-hydrogen) atoms. The van der Waals surface area contributed by atoms with Crippen molar-refractivity contribution in [2.45, 2.75) is 88.7 Å². The lowest BCUT2D eigenvalue weighted by Crippen LogP contribution is -2.59. The van der Waals surface area contributed by atoms with Gasteiger partial charge in [-0.05, 0) is 11.8 Å². The largest absolute Gasteiger partial charge is 0.394 e. The molecule has 2 aliphatic heterocycles. The lowest BCUT2D eigenvalue weighted by atomic mass is 9.90. The van der Waals surface area contributed by atoms with E-state index in [4.69, 9.17) is 19.7 Å². The van der Waals surface area contributed by atoms with E-state index in [0.717, 1.165) is 0 Å². The quantitative estimate of drug-likeness (QED) is 0.237. The van der Waals surface area contributed by atoms with E-state index < -0.39 is 61.0 Å². The van der Waals surface area contributed by atoms with Gasteiger partial charge in [0.25, 0.3) is 0 Å². The van der Waals surface area contributed by atoms with Gasteiger partial charge < -0.3 is 50.3 Å². The predicted octanol–water partition coefficient (Wildman–Crippen LogP) is -3.03. The first-order valence-corrected chi connectivity index (χ1v) is 9.58. The highest BCUT2D eigenvalue weighted by molar-refractivity contribution is 4.93. The Bertz CT molecular complexity index is 404. The van der Waals surface area contributed by atoms with E-state index in [1.165, 1.54) is 0 Å². The third-order valence-electron chi connectivity index (χ3n) is 5.17. The van der Waals surface area contributed by atoms with Crippen molar-refractivity contribution in [3.8, 4) is 0 Å². The molecule has 0 aromatic heterocycles. The van der Waals surface area contributed by atoms with E-state index in [1.807, 2.05) is 27.7 Å². The molecule has 0 spiro atoms. The Balaban J connectivity index is 0.000000280. The van der Waals surface area contributed by atoms with E-state index in [2.05, 4.69) is 0 Å². The van der Waals surface area contributed by atoms with Crippen LogP contribution in [0.3, 0.4) is 0 Å². The van der Waals surface area contributed by atoms with Gasteiger partial charge in [-0.2, -0.15) is 0 Å². The normalized spacial score (nSPS) is 44.4. The van der Waals surface area contributed by atoms with Gasteiger partial charge >= 0.3 is 0 Å². The molecule has 0 radical (unpaired) electrons. The molecule has 0 bridgehead atoms. The minimum Gasteiger partial charge on any atom is -0.394 e. The zero-order valence-corrected chi connectivity index (χ0v) is 16.7. The summed E-state index contributed by atoms with van der Waals surface area (Å²) in [6.07, 6.45) is -9.92. The van der Waals surface area contributed by atoms with Gasteiger partial charge in [0.1, 0.15) is 48.8 Å². The van der Waals surface area contributed by atoms with Gasteiger partial charge in [-0.15, -0.1) is 0 Å². The fourth-order valence-corrected chi connectivity index (χ4v) is 3.36. The lowest BCUT2D eigenvalue weighted by Gasteiger charge is -2.41. The molecule has 2 saturated heterocycles. The molecule has 10 atom stereocenters. The molecule has 2 fully saturated rings. The Morgan fingerprint density at radius 3 is 1.04 bits per heavy atom. The molecule has 0 saturated carbocycles. The molecule has 8 N–H and O–H groups in total. The van der Waals surface area contributed by atoms with Crippen LogP contribution in [-0.2, 0) is 9.47 Å². The van der Waals surface area contributed by atoms with Crippen LogP contribution < -0.4 is 0 Å². The minimum atomic E-state index is -1.26. The van der Waals surface area contributed by atoms with Gasteiger partial charge in [0.15, 0.2) is 0 Å². The van der Waals surface area contributed by atoms with Gasteiger partial charge in [-0.3, -0.25) is 0 Å². The Labute approximate surface area is 165 Å². The summed E-state index contributed by atoms with van der Waals surface area (Å²) in [5.74, 6) is 0.0300. The SMILES string of the molecule is CC(C)[C@@H]1O[C@H](CO)[C@@H](O)[C@H](O)[C@H]1O.CC(C)[C@H]1O[C@H](CO)[C@@H](O)[C@H](O)[C@H]1O. The Morgan fingerprint density at radius 2 is 0.821 bits per heavy atom. The standard InChI is InChI=1S/2C9H18O5/c2*1-4(2)9-8(13)7(12)6(11)5(3-10)14-9/h2*4-13H,3H2,1-2H3/t5-,6-,7+,8-,9+;5-,6-,7+,8-,9-/m11/s1. The molecule has 0 amide bonds. The van der Waals surface area contributed by atoms with E-state index in [9.17, 15) is 30.6 Å². The van der Waals surface area contributed by atoms with Crippen LogP contribution in [0.15, 0.2) is 0 Å². The second kappa shape index (κ2) is 11.1. The van der Waals surface area contributed by atoms with E-state index in [0.29, 0.717) is 0 Å². The van der Waals surface area contributed by atoms with Crippen LogP contribution in [0, 0.1) is 11.8 Å². The first-order chi connectivity index (χ1) is 13.0. The summed E-state index contributed by atoms with van der Waals surface area (Å²) < 4.78 is 10.6. The molecular weight excluding hydrogens is 376 g/mol. The number of aliphatic hydroxyl groups excluding tert-OH is 8. The molecular formula is C18H36O10. The zero-order valence-electron chi connectivity index (χ0n) is 16.7. The topological polar surface area (TPSA) is 180 Å². The van der Waals surface area contributed by atoms with Gasteiger partial charge in [-0.1, -0.05) is 27.7 Å². The molecule has 2 rings (SSSR count). The summed E-state index contributed by atoms with van der Waals surface area (Å²) in [7, 11) is 0. The van der Waals surface area contributed by atoms with Crippen molar-refractivity contribution < 1.29 is 50.3 Å². The molecule has 2 aliphatic rings. The van der Waals surface area contributed by atoms with Gasteiger partial charge in [0.2, 0.25) is 0 Å². The molecule has 0 aliphatic carbocycles. The fraction of sp³-hybridized carbons (Fsp3) is 1.00. The predicted molar refractivity (Wildman–Crippen MR) is 97.2 cm³/mol. The fourth-order valence-electron chi connectivity index (χ4n) is 3.36. The maximum Gasteiger partial charge on any atom is 0.111 e. The second-order valence-electron chi connectivity index (χ2n) is 8.08. The van der Waals surface area contributed by atoms with Crippen LogP contribution in [0.4, 0.5) is 0 Å². The number of hydrogen-bond donors (Lipinski definition) is 8. The zero-order chi connectivity index (χ0) is 21.8. The van der Waals surface area contributed by atoms with E-state index in [1.54, 1.807) is 0 Å². The average Bonchev–Trinajstić information content (AvgIpc) is 2.64. The third-order valence-corrected chi connectivity index (χ3v) is 5.17. The molecule has 10 nitrogen and oxygen atoms in total. The summed E-state index contributed by atoms with van der Waals surface area (Å²) in [6, 6.07) is 0. The maximum absolute atomic E-state index is 9.57. The summed E-state index contributed by atoms with van der Waals surface area (Å²) in [5.41, 5.74) is 0. The number of aliphatic hydroxyl groups is 8. The van der Waals surface area contributed by atoms with Crippen LogP contribution in [0.5, 0.6) is 0 Å². The van der Waals surface area contributed by atoms with E-state index in [-0.39, 0.29) is 25.0 Å². The van der Waals surface area contributed by atoms with Gasteiger partial charge in [-0.25, -0.2) is 0 Å². The van der Waals surface area contributed by atoms with Gasteiger partial charge in [0.05, 0.1) is 25.4 Å². The number of rotatable bonds is 4. The van der Waals surface area contributed by atoms with Crippen molar-refractivity contribution in [1.29, 1.82) is 0 Å². The van der Waals surface area contributed by atoms with Crippen molar-refractivity contribution in [3.05, 3.63) is 0 Å². The highest BCUT2D eigenvalue weighted by Crippen LogP contribution is 2.26. The summed E-state index contributed by atoms with van der Waals surface area (Å²) in [6.45, 7) is 6.63. The van der Waals surface area contributed by atoms with Crippen molar-refractivity contribution in [2.24, 2.45) is 11.8 Å². The number of ether oxygens (including phenoxy) is 2. The Morgan fingerprint density at radius 1 is 0.536 bits per heavy atom. The van der Waals surface area contributed by atoms with Crippen molar-refractivity contribution >= 4 is 0 Å². The Kier molecular flexibility index (Phi) is 10.2. The van der Waals surface area contributed by atoms with Gasteiger partial charge in [0, 0.05) is 0 Å². The molecule has 2 heterocycles. The third kappa shape index (κ3) is 5.82. The first kappa shape index (κ1) is 25.6.